The van der Waals surface area contributed by atoms with Crippen molar-refractivity contribution in [1.82, 2.24) is 0 Å². The smallest absolute Gasteiger partial charge is 0.315 e. The molecule has 4 heteroatoms. The Morgan fingerprint density at radius 3 is 2.18 bits per heavy atom. The van der Waals surface area contributed by atoms with Crippen molar-refractivity contribution in [2.75, 3.05) is 0 Å². The zero-order valence-electron chi connectivity index (χ0n) is 5.83. The standard InChI is InChI=1S/C7H8O4/c8-6(9)4-2-1-3-5-7(10)11/h2,4-5H2,(H,8,9)(H,10,11). The van der Waals surface area contributed by atoms with Gasteiger partial charge in [0.2, 0.25) is 0 Å². The Hall–Kier alpha value is -1.50. The van der Waals surface area contributed by atoms with E-state index in [1.165, 1.54) is 0 Å². The van der Waals surface area contributed by atoms with Crippen LogP contribution in [0.3, 0.4) is 0 Å². The highest BCUT2D eigenvalue weighted by Gasteiger charge is 1.92. The van der Waals surface area contributed by atoms with E-state index in [9.17, 15) is 9.59 Å². The summed E-state index contributed by atoms with van der Waals surface area (Å²) in [6.45, 7) is 0. The lowest BCUT2D eigenvalue weighted by molar-refractivity contribution is -0.137. The van der Waals surface area contributed by atoms with Crippen LogP contribution in [0.5, 0.6) is 0 Å². The van der Waals surface area contributed by atoms with Crippen LogP contribution >= 0.6 is 0 Å². The SMILES string of the molecule is O=C(O)CC#CCCC(=O)O. The molecule has 2 N–H and O–H groups in total. The Balaban J connectivity index is 3.41. The average Bonchev–Trinajstić information content (AvgIpc) is 1.85. The van der Waals surface area contributed by atoms with Crippen LogP contribution in [0.2, 0.25) is 0 Å². The van der Waals surface area contributed by atoms with Crippen molar-refractivity contribution in [2.45, 2.75) is 19.3 Å². The second kappa shape index (κ2) is 5.30. The largest absolute Gasteiger partial charge is 0.481 e. The summed E-state index contributed by atoms with van der Waals surface area (Å²) >= 11 is 0. The molecule has 0 aliphatic heterocycles. The van der Waals surface area contributed by atoms with Gasteiger partial charge in [-0.05, 0) is 0 Å². The Morgan fingerprint density at radius 2 is 1.73 bits per heavy atom. The van der Waals surface area contributed by atoms with Gasteiger partial charge in [-0.2, -0.15) is 0 Å². The highest BCUT2D eigenvalue weighted by Crippen LogP contribution is 1.85. The third-order valence-corrected chi connectivity index (χ3v) is 0.828. The van der Waals surface area contributed by atoms with Gasteiger partial charge >= 0.3 is 11.9 Å². The molecular formula is C7H8O4. The molecule has 0 rings (SSSR count). The van der Waals surface area contributed by atoms with Crippen LogP contribution in [0.15, 0.2) is 0 Å². The Morgan fingerprint density at radius 1 is 1.09 bits per heavy atom. The van der Waals surface area contributed by atoms with Gasteiger partial charge in [-0.25, -0.2) is 0 Å². The molecule has 0 saturated heterocycles. The fraction of sp³-hybridized carbons (Fsp3) is 0.429. The quantitative estimate of drug-likeness (QED) is 0.577. The fourth-order valence-electron chi connectivity index (χ4n) is 0.396. The molecule has 0 radical (unpaired) electrons. The van der Waals surface area contributed by atoms with Gasteiger partial charge in [0.1, 0.15) is 6.42 Å². The number of carbonyl (C=O) groups is 2. The first-order valence-corrected chi connectivity index (χ1v) is 3.02. The summed E-state index contributed by atoms with van der Waals surface area (Å²) in [5, 5.41) is 16.2. The molecule has 0 aromatic carbocycles. The van der Waals surface area contributed by atoms with E-state index in [2.05, 4.69) is 11.8 Å². The van der Waals surface area contributed by atoms with Crippen LogP contribution in [0.25, 0.3) is 0 Å². The van der Waals surface area contributed by atoms with Crippen LogP contribution in [0.1, 0.15) is 19.3 Å². The summed E-state index contributed by atoms with van der Waals surface area (Å²) in [7, 11) is 0. The molecule has 0 saturated carbocycles. The number of hydrogen-bond acceptors (Lipinski definition) is 2. The second-order valence-corrected chi connectivity index (χ2v) is 1.82. The molecule has 4 nitrogen and oxygen atoms in total. The lowest BCUT2D eigenvalue weighted by atomic mass is 10.3. The minimum Gasteiger partial charge on any atom is -0.481 e. The third-order valence-electron chi connectivity index (χ3n) is 0.828. The molecule has 0 aliphatic carbocycles. The molecule has 0 bridgehead atoms. The van der Waals surface area contributed by atoms with E-state index in [0.717, 1.165) is 0 Å². The maximum Gasteiger partial charge on any atom is 0.315 e. The van der Waals surface area contributed by atoms with Gasteiger partial charge in [-0.3, -0.25) is 9.59 Å². The lowest BCUT2D eigenvalue weighted by Gasteiger charge is -1.82. The minimum atomic E-state index is -0.993. The van der Waals surface area contributed by atoms with E-state index >= 15 is 0 Å². The molecule has 0 heterocycles. The van der Waals surface area contributed by atoms with Crippen LogP contribution < -0.4 is 0 Å². The van der Waals surface area contributed by atoms with Crippen molar-refractivity contribution in [3.05, 3.63) is 0 Å². The number of carboxylic acids is 2. The molecule has 0 fully saturated rings. The van der Waals surface area contributed by atoms with Gasteiger partial charge in [0.05, 0.1) is 6.42 Å². The van der Waals surface area contributed by atoms with Crippen LogP contribution in [0, 0.1) is 11.8 Å². The summed E-state index contributed by atoms with van der Waals surface area (Å²) in [6, 6.07) is 0. The van der Waals surface area contributed by atoms with Crippen LogP contribution in [-0.4, -0.2) is 22.2 Å². The molecule has 0 spiro atoms. The van der Waals surface area contributed by atoms with Gasteiger partial charge < -0.3 is 10.2 Å². The van der Waals surface area contributed by atoms with Gasteiger partial charge in [0.25, 0.3) is 0 Å². The van der Waals surface area contributed by atoms with Crippen LogP contribution in [0.4, 0.5) is 0 Å². The zero-order chi connectivity index (χ0) is 8.69. The lowest BCUT2D eigenvalue weighted by Crippen LogP contribution is -1.93. The average molecular weight is 156 g/mol. The van der Waals surface area contributed by atoms with Gasteiger partial charge in [-0.1, -0.05) is 5.92 Å². The normalized spacial score (nSPS) is 8.00. The first kappa shape index (κ1) is 9.50. The summed E-state index contributed by atoms with van der Waals surface area (Å²) in [5.74, 6) is 2.85. The van der Waals surface area contributed by atoms with Crippen molar-refractivity contribution in [3.8, 4) is 11.8 Å². The molecule has 0 aromatic heterocycles. The molecule has 0 amide bonds. The first-order chi connectivity index (χ1) is 5.13. The van der Waals surface area contributed by atoms with Gasteiger partial charge in [0, 0.05) is 6.42 Å². The minimum absolute atomic E-state index is 0.0351. The summed E-state index contributed by atoms with van der Waals surface area (Å²) in [6.07, 6.45) is -0.0468. The fourth-order valence-corrected chi connectivity index (χ4v) is 0.396. The Kier molecular flexibility index (Phi) is 4.58. The highest BCUT2D eigenvalue weighted by molar-refractivity contribution is 5.70. The summed E-state index contributed by atoms with van der Waals surface area (Å²) in [5.41, 5.74) is 0. The molecular weight excluding hydrogens is 148 g/mol. The van der Waals surface area contributed by atoms with E-state index in [0.29, 0.717) is 0 Å². The maximum absolute atomic E-state index is 9.91. The monoisotopic (exact) mass is 156 g/mol. The Bertz CT molecular complexity index is 208. The third kappa shape index (κ3) is 8.50. The first-order valence-electron chi connectivity index (χ1n) is 3.02. The van der Waals surface area contributed by atoms with E-state index in [4.69, 9.17) is 10.2 Å². The van der Waals surface area contributed by atoms with E-state index in [1.54, 1.807) is 0 Å². The van der Waals surface area contributed by atoms with E-state index in [1.807, 2.05) is 0 Å². The zero-order valence-corrected chi connectivity index (χ0v) is 5.83. The van der Waals surface area contributed by atoms with Gasteiger partial charge in [-0.15, -0.1) is 5.92 Å². The molecule has 0 atom stereocenters. The summed E-state index contributed by atoms with van der Waals surface area (Å²) < 4.78 is 0. The Labute approximate surface area is 63.8 Å². The van der Waals surface area contributed by atoms with Crippen LogP contribution in [-0.2, 0) is 9.59 Å². The number of aliphatic carboxylic acids is 2. The molecule has 0 unspecified atom stereocenters. The van der Waals surface area contributed by atoms with E-state index in [-0.39, 0.29) is 19.3 Å². The second-order valence-electron chi connectivity index (χ2n) is 1.82. The van der Waals surface area contributed by atoms with Gasteiger partial charge in [0.15, 0.2) is 0 Å². The van der Waals surface area contributed by atoms with Crippen molar-refractivity contribution in [2.24, 2.45) is 0 Å². The predicted molar refractivity (Wildman–Crippen MR) is 36.9 cm³/mol. The molecule has 0 aliphatic rings. The highest BCUT2D eigenvalue weighted by atomic mass is 16.4. The number of carboxylic acid groups (broad SMARTS) is 2. The molecule has 0 aromatic rings. The molecule has 60 valence electrons. The number of hydrogen-bond donors (Lipinski definition) is 2. The van der Waals surface area contributed by atoms with Crippen molar-refractivity contribution in [1.29, 1.82) is 0 Å². The van der Waals surface area contributed by atoms with Crippen molar-refractivity contribution >= 4 is 11.9 Å². The maximum atomic E-state index is 9.91. The van der Waals surface area contributed by atoms with E-state index < -0.39 is 11.9 Å². The topological polar surface area (TPSA) is 74.6 Å². The molecule has 11 heavy (non-hydrogen) atoms. The summed E-state index contributed by atoms with van der Waals surface area (Å²) in [4.78, 5) is 19.8. The van der Waals surface area contributed by atoms with Crippen molar-refractivity contribution in [3.63, 3.8) is 0 Å². The predicted octanol–water partition coefficient (Wildman–Crippen LogP) is 0.329. The van der Waals surface area contributed by atoms with Crippen molar-refractivity contribution < 1.29 is 19.8 Å². The number of rotatable bonds is 3.